The van der Waals surface area contributed by atoms with Crippen molar-refractivity contribution in [3.05, 3.63) is 17.5 Å². The quantitative estimate of drug-likeness (QED) is 0.762. The van der Waals surface area contributed by atoms with Crippen LogP contribution in [0.4, 0.5) is 5.95 Å². The number of aromatic nitrogens is 2. The first-order valence-corrected chi connectivity index (χ1v) is 11.5. The molecular formula is C22H33N5O3. The van der Waals surface area contributed by atoms with Gasteiger partial charge in [-0.3, -0.25) is 9.59 Å². The van der Waals surface area contributed by atoms with E-state index in [2.05, 4.69) is 15.2 Å². The zero-order valence-electron chi connectivity index (χ0n) is 17.8. The molecule has 1 saturated carbocycles. The predicted octanol–water partition coefficient (Wildman–Crippen LogP) is 1.79. The fourth-order valence-corrected chi connectivity index (χ4v) is 4.60. The van der Waals surface area contributed by atoms with Gasteiger partial charge in [0.05, 0.1) is 24.5 Å². The van der Waals surface area contributed by atoms with Gasteiger partial charge in [-0.05, 0) is 25.7 Å². The number of nitrogens with zero attached hydrogens (tertiary/aromatic N) is 4. The van der Waals surface area contributed by atoms with E-state index < -0.39 is 0 Å². The molecule has 164 valence electrons. The molecule has 2 saturated heterocycles. The molecule has 1 aliphatic carbocycles. The summed E-state index contributed by atoms with van der Waals surface area (Å²) >= 11 is 0. The molecule has 0 atom stereocenters. The molecule has 1 aromatic rings. The third kappa shape index (κ3) is 5.09. The minimum atomic E-state index is 0.00892. The van der Waals surface area contributed by atoms with Crippen LogP contribution in [0.15, 0.2) is 6.20 Å². The fraction of sp³-hybridized carbons (Fsp3) is 0.727. The molecule has 0 spiro atoms. The Morgan fingerprint density at radius 1 is 1.03 bits per heavy atom. The van der Waals surface area contributed by atoms with E-state index in [9.17, 15) is 9.59 Å². The van der Waals surface area contributed by atoms with Crippen LogP contribution in [0, 0.1) is 5.92 Å². The van der Waals surface area contributed by atoms with Crippen LogP contribution in [0.1, 0.15) is 61.0 Å². The number of rotatable bonds is 6. The maximum atomic E-state index is 13.0. The molecular weight excluding hydrogens is 382 g/mol. The predicted molar refractivity (Wildman–Crippen MR) is 113 cm³/mol. The summed E-state index contributed by atoms with van der Waals surface area (Å²) in [5, 5.41) is 3.08. The highest BCUT2D eigenvalue weighted by atomic mass is 16.5. The van der Waals surface area contributed by atoms with Gasteiger partial charge in [-0.15, -0.1) is 0 Å². The summed E-state index contributed by atoms with van der Waals surface area (Å²) in [6, 6.07) is 0. The lowest BCUT2D eigenvalue weighted by atomic mass is 9.88. The van der Waals surface area contributed by atoms with Crippen LogP contribution in [0.5, 0.6) is 0 Å². The maximum Gasteiger partial charge on any atom is 0.257 e. The van der Waals surface area contributed by atoms with E-state index in [1.54, 1.807) is 6.20 Å². The summed E-state index contributed by atoms with van der Waals surface area (Å²) in [6.07, 6.45) is 9.79. The molecule has 1 N–H and O–H groups in total. The number of hydrogen-bond donors (Lipinski definition) is 1. The highest BCUT2D eigenvalue weighted by Crippen LogP contribution is 2.23. The first kappa shape index (κ1) is 21.0. The van der Waals surface area contributed by atoms with Crippen LogP contribution >= 0.6 is 0 Å². The van der Waals surface area contributed by atoms with Gasteiger partial charge in [-0.2, -0.15) is 0 Å². The van der Waals surface area contributed by atoms with Crippen molar-refractivity contribution in [1.82, 2.24) is 20.2 Å². The Balaban J connectivity index is 1.45. The van der Waals surface area contributed by atoms with E-state index in [1.807, 2.05) is 4.90 Å². The summed E-state index contributed by atoms with van der Waals surface area (Å²) < 4.78 is 5.42. The van der Waals surface area contributed by atoms with Gasteiger partial charge in [-0.1, -0.05) is 19.3 Å². The first-order valence-electron chi connectivity index (χ1n) is 11.5. The topological polar surface area (TPSA) is 87.7 Å². The lowest BCUT2D eigenvalue weighted by Gasteiger charge is -2.27. The van der Waals surface area contributed by atoms with Crippen LogP contribution in [0.2, 0.25) is 0 Å². The highest BCUT2D eigenvalue weighted by Gasteiger charge is 2.25. The Bertz CT molecular complexity index is 738. The summed E-state index contributed by atoms with van der Waals surface area (Å²) in [7, 11) is 0. The molecule has 8 heteroatoms. The molecule has 3 fully saturated rings. The summed E-state index contributed by atoms with van der Waals surface area (Å²) in [5.41, 5.74) is 1.30. The van der Waals surface area contributed by atoms with Crippen LogP contribution in [-0.4, -0.2) is 72.6 Å². The van der Waals surface area contributed by atoms with Gasteiger partial charge < -0.3 is 19.9 Å². The lowest BCUT2D eigenvalue weighted by Crippen LogP contribution is -2.38. The molecule has 0 bridgehead atoms. The van der Waals surface area contributed by atoms with E-state index in [1.165, 1.54) is 6.42 Å². The number of ether oxygens (including phenoxy) is 1. The summed E-state index contributed by atoms with van der Waals surface area (Å²) in [4.78, 5) is 38.8. The molecule has 0 radical (unpaired) electrons. The zero-order valence-corrected chi connectivity index (χ0v) is 17.8. The van der Waals surface area contributed by atoms with Gasteiger partial charge in [0.25, 0.3) is 5.91 Å². The molecule has 30 heavy (non-hydrogen) atoms. The normalized spacial score (nSPS) is 20.4. The van der Waals surface area contributed by atoms with Crippen molar-refractivity contribution in [2.75, 3.05) is 50.8 Å². The van der Waals surface area contributed by atoms with Crippen molar-refractivity contribution in [2.45, 2.75) is 51.4 Å². The van der Waals surface area contributed by atoms with Gasteiger partial charge in [0, 0.05) is 51.3 Å². The third-order valence-corrected chi connectivity index (χ3v) is 6.41. The van der Waals surface area contributed by atoms with Crippen LogP contribution < -0.4 is 10.2 Å². The van der Waals surface area contributed by atoms with Gasteiger partial charge in [0.2, 0.25) is 11.9 Å². The average Bonchev–Trinajstić information content (AvgIpc) is 3.35. The molecule has 2 amide bonds. The van der Waals surface area contributed by atoms with Crippen molar-refractivity contribution in [3.63, 3.8) is 0 Å². The Kier molecular flexibility index (Phi) is 7.15. The molecule has 4 rings (SSSR count). The molecule has 0 aromatic carbocycles. The van der Waals surface area contributed by atoms with E-state index in [4.69, 9.17) is 9.72 Å². The van der Waals surface area contributed by atoms with E-state index in [0.29, 0.717) is 37.7 Å². The Hall–Kier alpha value is -2.22. The molecule has 3 heterocycles. The summed E-state index contributed by atoms with van der Waals surface area (Å²) in [6.45, 7) is 4.89. The maximum absolute atomic E-state index is 13.0. The van der Waals surface area contributed by atoms with Crippen LogP contribution in [0.25, 0.3) is 0 Å². The first-order chi connectivity index (χ1) is 14.7. The second kappa shape index (κ2) is 10.2. The Morgan fingerprint density at radius 3 is 2.50 bits per heavy atom. The highest BCUT2D eigenvalue weighted by molar-refractivity contribution is 5.95. The average molecular weight is 416 g/mol. The van der Waals surface area contributed by atoms with Crippen molar-refractivity contribution >= 4 is 17.8 Å². The van der Waals surface area contributed by atoms with Gasteiger partial charge in [-0.25, -0.2) is 9.97 Å². The van der Waals surface area contributed by atoms with Crippen molar-refractivity contribution in [1.29, 1.82) is 0 Å². The largest absolute Gasteiger partial charge is 0.378 e. The smallest absolute Gasteiger partial charge is 0.257 e. The molecule has 0 unspecified atom stereocenters. The Labute approximate surface area is 178 Å². The molecule has 2 aliphatic heterocycles. The second-order valence-electron chi connectivity index (χ2n) is 8.51. The fourth-order valence-electron chi connectivity index (χ4n) is 4.60. The van der Waals surface area contributed by atoms with Crippen molar-refractivity contribution in [3.8, 4) is 0 Å². The third-order valence-electron chi connectivity index (χ3n) is 6.41. The van der Waals surface area contributed by atoms with Gasteiger partial charge in [0.1, 0.15) is 0 Å². The lowest BCUT2D eigenvalue weighted by molar-refractivity contribution is -0.125. The molecule has 1 aromatic heterocycles. The van der Waals surface area contributed by atoms with Crippen molar-refractivity contribution in [2.24, 2.45) is 5.92 Å². The van der Waals surface area contributed by atoms with Gasteiger partial charge >= 0.3 is 0 Å². The van der Waals surface area contributed by atoms with Gasteiger partial charge in [0.15, 0.2) is 0 Å². The minimum Gasteiger partial charge on any atom is -0.378 e. The van der Waals surface area contributed by atoms with Crippen LogP contribution in [0.3, 0.4) is 0 Å². The van der Waals surface area contributed by atoms with Crippen LogP contribution in [-0.2, 0) is 16.0 Å². The second-order valence-corrected chi connectivity index (χ2v) is 8.51. The zero-order chi connectivity index (χ0) is 20.8. The van der Waals surface area contributed by atoms with E-state index >= 15 is 0 Å². The number of amides is 2. The number of carbonyl (C=O) groups is 2. The standard InChI is InChI=1S/C22H33N5O3/c28-20(17-6-2-1-3-7-17)23-9-8-19-18(21(29)26-10-4-5-11-26)16-24-22(25-19)27-12-14-30-15-13-27/h16-17H,1-15H2,(H,23,28). The monoisotopic (exact) mass is 415 g/mol. The number of anilines is 1. The molecule has 3 aliphatic rings. The van der Waals surface area contributed by atoms with E-state index in [0.717, 1.165) is 70.4 Å². The number of likely N-dealkylation sites (tertiary alicyclic amines) is 1. The number of nitrogens with one attached hydrogen (secondary N) is 1. The minimum absolute atomic E-state index is 0.00892. The van der Waals surface area contributed by atoms with E-state index in [-0.39, 0.29) is 17.7 Å². The summed E-state index contributed by atoms with van der Waals surface area (Å²) in [5.74, 6) is 0.933. The van der Waals surface area contributed by atoms with Crippen molar-refractivity contribution < 1.29 is 14.3 Å². The number of morpholine rings is 1. The Morgan fingerprint density at radius 2 is 1.77 bits per heavy atom. The SMILES string of the molecule is O=C(NCCc1nc(N2CCOCC2)ncc1C(=O)N1CCCC1)C1CCCCC1. The number of hydrogen-bond acceptors (Lipinski definition) is 6. The number of carbonyl (C=O) groups excluding carboxylic acids is 2. The molecule has 8 nitrogen and oxygen atoms in total.